The maximum Gasteiger partial charge on any atom is 0.127 e. The third-order valence-electron chi connectivity index (χ3n) is 2.60. The summed E-state index contributed by atoms with van der Waals surface area (Å²) in [5.74, 6) is 1.69. The summed E-state index contributed by atoms with van der Waals surface area (Å²) < 4.78 is 5.32. The van der Waals surface area contributed by atoms with Crippen LogP contribution in [0.2, 0.25) is 0 Å². The van der Waals surface area contributed by atoms with Crippen molar-refractivity contribution < 1.29 is 4.74 Å². The minimum Gasteiger partial charge on any atom is -0.378 e. The van der Waals surface area contributed by atoms with Crippen LogP contribution in [0.3, 0.4) is 0 Å². The molecule has 1 aliphatic heterocycles. The van der Waals surface area contributed by atoms with E-state index < -0.39 is 0 Å². The van der Waals surface area contributed by atoms with Gasteiger partial charge in [-0.1, -0.05) is 13.8 Å². The van der Waals surface area contributed by atoms with E-state index in [1.165, 1.54) is 11.4 Å². The lowest BCUT2D eigenvalue weighted by Gasteiger charge is -2.28. The summed E-state index contributed by atoms with van der Waals surface area (Å²) in [7, 11) is 0. The average Bonchev–Trinajstić information content (AvgIpc) is 2.67. The Hall–Kier alpha value is -1.03. The molecule has 2 heterocycles. The second-order valence-corrected chi connectivity index (χ2v) is 3.93. The number of nitrogens with zero attached hydrogens (tertiary/aromatic N) is 2. The topological polar surface area (TPSA) is 41.2 Å². The van der Waals surface area contributed by atoms with E-state index in [-0.39, 0.29) is 0 Å². The summed E-state index contributed by atoms with van der Waals surface area (Å²) in [6.45, 7) is 7.93. The highest BCUT2D eigenvalue weighted by molar-refractivity contribution is 5.47. The minimum atomic E-state index is 0.520. The van der Waals surface area contributed by atoms with Gasteiger partial charge in [-0.25, -0.2) is 0 Å². The van der Waals surface area contributed by atoms with Crippen LogP contribution in [-0.4, -0.2) is 36.5 Å². The van der Waals surface area contributed by atoms with Crippen LogP contribution in [-0.2, 0) is 4.74 Å². The van der Waals surface area contributed by atoms with Crippen LogP contribution in [0.25, 0.3) is 0 Å². The van der Waals surface area contributed by atoms with Gasteiger partial charge in [0.25, 0.3) is 0 Å². The molecule has 0 amide bonds. The molecule has 1 aliphatic rings. The number of nitrogens with one attached hydrogen (secondary N) is 1. The fourth-order valence-corrected chi connectivity index (χ4v) is 1.75. The number of hydrogen-bond donors (Lipinski definition) is 1. The number of rotatable bonds is 2. The van der Waals surface area contributed by atoms with Gasteiger partial charge in [0.05, 0.1) is 19.4 Å². The molecule has 1 saturated heterocycles. The molecule has 4 nitrogen and oxygen atoms in total. The summed E-state index contributed by atoms with van der Waals surface area (Å²) in [6, 6.07) is 0. The molecule has 14 heavy (non-hydrogen) atoms. The molecule has 0 aliphatic carbocycles. The first kappa shape index (κ1) is 9.52. The quantitative estimate of drug-likeness (QED) is 0.775. The van der Waals surface area contributed by atoms with Gasteiger partial charge in [-0.05, 0) is 5.92 Å². The van der Waals surface area contributed by atoms with Crippen LogP contribution in [0.5, 0.6) is 0 Å². The Morgan fingerprint density at radius 1 is 1.43 bits per heavy atom. The van der Waals surface area contributed by atoms with Crippen molar-refractivity contribution >= 4 is 5.82 Å². The SMILES string of the molecule is CC(C)c1cn[nH]c1N1CCOCC1. The highest BCUT2D eigenvalue weighted by Gasteiger charge is 2.17. The van der Waals surface area contributed by atoms with Crippen LogP contribution < -0.4 is 4.90 Å². The number of aromatic nitrogens is 2. The number of morpholine rings is 1. The number of ether oxygens (including phenoxy) is 1. The van der Waals surface area contributed by atoms with Crippen LogP contribution >= 0.6 is 0 Å². The highest BCUT2D eigenvalue weighted by atomic mass is 16.5. The van der Waals surface area contributed by atoms with E-state index >= 15 is 0 Å². The number of aromatic amines is 1. The third-order valence-corrected chi connectivity index (χ3v) is 2.60. The molecule has 0 radical (unpaired) electrons. The normalized spacial score (nSPS) is 17.8. The van der Waals surface area contributed by atoms with Gasteiger partial charge in [0, 0.05) is 18.7 Å². The van der Waals surface area contributed by atoms with Gasteiger partial charge in [-0.2, -0.15) is 5.10 Å². The van der Waals surface area contributed by atoms with Gasteiger partial charge in [0.2, 0.25) is 0 Å². The first-order valence-electron chi connectivity index (χ1n) is 5.15. The van der Waals surface area contributed by atoms with Crippen molar-refractivity contribution in [3.8, 4) is 0 Å². The van der Waals surface area contributed by atoms with Crippen molar-refractivity contribution in [2.45, 2.75) is 19.8 Å². The summed E-state index contributed by atoms with van der Waals surface area (Å²) in [5.41, 5.74) is 1.30. The van der Waals surface area contributed by atoms with Crippen molar-refractivity contribution in [3.63, 3.8) is 0 Å². The van der Waals surface area contributed by atoms with Crippen molar-refractivity contribution in [2.75, 3.05) is 31.2 Å². The first-order chi connectivity index (χ1) is 6.79. The maximum atomic E-state index is 5.32. The highest BCUT2D eigenvalue weighted by Crippen LogP contribution is 2.25. The Morgan fingerprint density at radius 3 is 2.79 bits per heavy atom. The van der Waals surface area contributed by atoms with Gasteiger partial charge >= 0.3 is 0 Å². The molecule has 0 unspecified atom stereocenters. The monoisotopic (exact) mass is 195 g/mol. The summed E-state index contributed by atoms with van der Waals surface area (Å²) in [5, 5.41) is 7.19. The van der Waals surface area contributed by atoms with Gasteiger partial charge in [-0.3, -0.25) is 5.10 Å². The summed E-state index contributed by atoms with van der Waals surface area (Å²) in [4.78, 5) is 2.31. The van der Waals surface area contributed by atoms with Crippen molar-refractivity contribution in [1.29, 1.82) is 0 Å². The smallest absolute Gasteiger partial charge is 0.127 e. The number of H-pyrrole nitrogens is 1. The van der Waals surface area contributed by atoms with Crippen LogP contribution in [0.4, 0.5) is 5.82 Å². The van der Waals surface area contributed by atoms with Crippen molar-refractivity contribution in [1.82, 2.24) is 10.2 Å². The largest absolute Gasteiger partial charge is 0.378 e. The van der Waals surface area contributed by atoms with Crippen molar-refractivity contribution in [3.05, 3.63) is 11.8 Å². The van der Waals surface area contributed by atoms with E-state index in [0.717, 1.165) is 26.3 Å². The van der Waals surface area contributed by atoms with E-state index in [2.05, 4.69) is 28.9 Å². The molecule has 0 spiro atoms. The fraction of sp³-hybridized carbons (Fsp3) is 0.700. The zero-order valence-corrected chi connectivity index (χ0v) is 8.79. The molecule has 4 heteroatoms. The average molecular weight is 195 g/mol. The molecular formula is C10H17N3O. The Bertz CT molecular complexity index is 289. The maximum absolute atomic E-state index is 5.32. The predicted molar refractivity (Wildman–Crippen MR) is 55.7 cm³/mol. The van der Waals surface area contributed by atoms with E-state index in [4.69, 9.17) is 4.74 Å². The second-order valence-electron chi connectivity index (χ2n) is 3.93. The van der Waals surface area contributed by atoms with Gasteiger partial charge < -0.3 is 9.64 Å². The molecule has 1 aromatic heterocycles. The number of hydrogen-bond acceptors (Lipinski definition) is 3. The van der Waals surface area contributed by atoms with Crippen LogP contribution in [0.15, 0.2) is 6.20 Å². The molecule has 1 aromatic rings. The molecule has 0 aromatic carbocycles. The Morgan fingerprint density at radius 2 is 2.14 bits per heavy atom. The van der Waals surface area contributed by atoms with Gasteiger partial charge in [0.1, 0.15) is 5.82 Å². The minimum absolute atomic E-state index is 0.520. The Labute approximate surface area is 84.3 Å². The Kier molecular flexibility index (Phi) is 2.72. The molecule has 1 N–H and O–H groups in total. The lowest BCUT2D eigenvalue weighted by Crippen LogP contribution is -2.37. The Balaban J connectivity index is 2.17. The van der Waals surface area contributed by atoms with E-state index in [1.54, 1.807) is 0 Å². The molecule has 1 fully saturated rings. The van der Waals surface area contributed by atoms with Gasteiger partial charge in [0.15, 0.2) is 0 Å². The molecule has 0 atom stereocenters. The molecule has 0 saturated carbocycles. The molecule has 2 rings (SSSR count). The molecule has 0 bridgehead atoms. The third kappa shape index (κ3) is 1.75. The van der Waals surface area contributed by atoms with E-state index in [1.807, 2.05) is 6.20 Å². The van der Waals surface area contributed by atoms with Gasteiger partial charge in [-0.15, -0.1) is 0 Å². The standard InChI is InChI=1S/C10H17N3O/c1-8(2)9-7-11-12-10(9)13-3-5-14-6-4-13/h7-8H,3-6H2,1-2H3,(H,11,12). The second kappa shape index (κ2) is 4.00. The van der Waals surface area contributed by atoms with E-state index in [9.17, 15) is 0 Å². The fourth-order valence-electron chi connectivity index (χ4n) is 1.75. The molecular weight excluding hydrogens is 178 g/mol. The lowest BCUT2D eigenvalue weighted by molar-refractivity contribution is 0.122. The first-order valence-corrected chi connectivity index (χ1v) is 5.15. The molecule has 78 valence electrons. The van der Waals surface area contributed by atoms with Crippen LogP contribution in [0, 0.1) is 0 Å². The summed E-state index contributed by atoms with van der Waals surface area (Å²) >= 11 is 0. The van der Waals surface area contributed by atoms with Crippen LogP contribution in [0.1, 0.15) is 25.3 Å². The zero-order chi connectivity index (χ0) is 9.97. The zero-order valence-electron chi connectivity index (χ0n) is 8.79. The van der Waals surface area contributed by atoms with Crippen molar-refractivity contribution in [2.24, 2.45) is 0 Å². The summed E-state index contributed by atoms with van der Waals surface area (Å²) in [6.07, 6.45) is 1.93. The van der Waals surface area contributed by atoms with E-state index in [0.29, 0.717) is 5.92 Å². The number of anilines is 1. The predicted octanol–water partition coefficient (Wildman–Crippen LogP) is 1.37. The lowest BCUT2D eigenvalue weighted by atomic mass is 10.1.